The summed E-state index contributed by atoms with van der Waals surface area (Å²) in [5.74, 6) is 2.35. The molecule has 0 aromatic heterocycles. The molecule has 2 aromatic rings. The molecule has 122 valence electrons. The van der Waals surface area contributed by atoms with Gasteiger partial charge in [0.2, 0.25) is 6.79 Å². The molecule has 0 amide bonds. The number of benzene rings is 2. The topological polar surface area (TPSA) is 30.9 Å². The zero-order valence-electron chi connectivity index (χ0n) is 13.9. The van der Waals surface area contributed by atoms with Crippen molar-refractivity contribution in [3.63, 3.8) is 0 Å². The van der Waals surface area contributed by atoms with Gasteiger partial charge < -0.3 is 19.1 Å². The lowest BCUT2D eigenvalue weighted by Gasteiger charge is -2.25. The first-order valence-corrected chi connectivity index (χ1v) is 7.89. The summed E-state index contributed by atoms with van der Waals surface area (Å²) in [5.41, 5.74) is 2.60. The second kappa shape index (κ2) is 6.92. The molecule has 0 radical (unpaired) electrons. The Hall–Kier alpha value is -2.20. The van der Waals surface area contributed by atoms with Crippen molar-refractivity contribution in [3.8, 4) is 17.2 Å². The van der Waals surface area contributed by atoms with Crippen LogP contribution in [-0.4, -0.2) is 32.4 Å². The summed E-state index contributed by atoms with van der Waals surface area (Å²) < 4.78 is 16.6. The lowest BCUT2D eigenvalue weighted by Crippen LogP contribution is -2.22. The molecule has 4 nitrogen and oxygen atoms in total. The zero-order chi connectivity index (χ0) is 16.2. The first-order valence-electron chi connectivity index (χ1n) is 7.89. The lowest BCUT2D eigenvalue weighted by atomic mass is 10.0. The van der Waals surface area contributed by atoms with Crippen LogP contribution in [0.1, 0.15) is 23.6 Å². The molecule has 3 rings (SSSR count). The Morgan fingerprint density at radius 1 is 1.04 bits per heavy atom. The molecule has 4 heteroatoms. The van der Waals surface area contributed by atoms with Gasteiger partial charge in [-0.3, -0.25) is 0 Å². The van der Waals surface area contributed by atoms with E-state index in [4.69, 9.17) is 14.2 Å². The molecule has 0 N–H and O–H groups in total. The van der Waals surface area contributed by atoms with Crippen molar-refractivity contribution in [2.24, 2.45) is 0 Å². The summed E-state index contributed by atoms with van der Waals surface area (Å²) in [4.78, 5) is 2.23. The molecule has 0 saturated heterocycles. The predicted octanol–water partition coefficient (Wildman–Crippen LogP) is 3.80. The second-order valence-electron chi connectivity index (χ2n) is 6.04. The monoisotopic (exact) mass is 313 g/mol. The third kappa shape index (κ3) is 3.77. The highest BCUT2D eigenvalue weighted by Gasteiger charge is 2.16. The molecule has 0 aliphatic carbocycles. The van der Waals surface area contributed by atoms with Crippen LogP contribution in [0.25, 0.3) is 0 Å². The van der Waals surface area contributed by atoms with E-state index >= 15 is 0 Å². The van der Waals surface area contributed by atoms with Gasteiger partial charge in [0.1, 0.15) is 5.75 Å². The third-order valence-corrected chi connectivity index (χ3v) is 4.09. The minimum atomic E-state index is 0.287. The molecule has 0 spiro atoms. The molecule has 1 unspecified atom stereocenters. The van der Waals surface area contributed by atoms with Gasteiger partial charge >= 0.3 is 0 Å². The van der Waals surface area contributed by atoms with Crippen molar-refractivity contribution in [1.82, 2.24) is 4.90 Å². The van der Waals surface area contributed by atoms with E-state index in [2.05, 4.69) is 50.2 Å². The maximum absolute atomic E-state index is 5.89. The number of hydrogen-bond acceptors (Lipinski definition) is 4. The Balaban J connectivity index is 1.60. The van der Waals surface area contributed by atoms with E-state index in [1.807, 2.05) is 18.2 Å². The van der Waals surface area contributed by atoms with E-state index in [1.54, 1.807) is 0 Å². The Labute approximate surface area is 137 Å². The summed E-state index contributed by atoms with van der Waals surface area (Å²) >= 11 is 0. The summed E-state index contributed by atoms with van der Waals surface area (Å²) in [7, 11) is 4.20. The average molecular weight is 313 g/mol. The van der Waals surface area contributed by atoms with Crippen LogP contribution in [0.5, 0.6) is 17.2 Å². The minimum Gasteiger partial charge on any atom is -0.493 e. The Morgan fingerprint density at radius 3 is 2.52 bits per heavy atom. The number of nitrogens with zero attached hydrogens (tertiary/aromatic N) is 1. The normalized spacial score (nSPS) is 14.1. The zero-order valence-corrected chi connectivity index (χ0v) is 13.9. The number of ether oxygens (including phenoxy) is 3. The fourth-order valence-corrected chi connectivity index (χ4v) is 2.77. The van der Waals surface area contributed by atoms with E-state index in [0.717, 1.165) is 23.7 Å². The number of rotatable bonds is 6. The Bertz CT molecular complexity index is 652. The van der Waals surface area contributed by atoms with Gasteiger partial charge in [-0.05, 0) is 38.7 Å². The molecule has 1 heterocycles. The molecule has 1 atom stereocenters. The lowest BCUT2D eigenvalue weighted by molar-refractivity contribution is 0.173. The van der Waals surface area contributed by atoms with Crippen LogP contribution in [0.2, 0.25) is 0 Å². The second-order valence-corrected chi connectivity index (χ2v) is 6.04. The van der Waals surface area contributed by atoms with Gasteiger partial charge in [0.15, 0.2) is 11.5 Å². The molecule has 1 aliphatic rings. The van der Waals surface area contributed by atoms with Crippen LogP contribution in [0, 0.1) is 6.92 Å². The molecule has 0 bridgehead atoms. The molecular formula is C19H23NO3. The molecule has 0 saturated carbocycles. The van der Waals surface area contributed by atoms with Gasteiger partial charge in [0, 0.05) is 18.5 Å². The van der Waals surface area contributed by atoms with Crippen LogP contribution in [0.15, 0.2) is 42.5 Å². The van der Waals surface area contributed by atoms with Crippen LogP contribution < -0.4 is 14.2 Å². The minimum absolute atomic E-state index is 0.287. The summed E-state index contributed by atoms with van der Waals surface area (Å²) in [6.07, 6.45) is 0.921. The first-order chi connectivity index (χ1) is 11.1. The maximum Gasteiger partial charge on any atom is 0.231 e. The van der Waals surface area contributed by atoms with E-state index < -0.39 is 0 Å². The average Bonchev–Trinajstić information content (AvgIpc) is 3.00. The van der Waals surface area contributed by atoms with Gasteiger partial charge in [0.25, 0.3) is 0 Å². The fourth-order valence-electron chi connectivity index (χ4n) is 2.77. The van der Waals surface area contributed by atoms with Crippen molar-refractivity contribution in [2.45, 2.75) is 19.4 Å². The molecule has 23 heavy (non-hydrogen) atoms. The quantitative estimate of drug-likeness (QED) is 0.812. The summed E-state index contributed by atoms with van der Waals surface area (Å²) in [6, 6.07) is 14.7. The molecular weight excluding hydrogens is 290 g/mol. The van der Waals surface area contributed by atoms with Gasteiger partial charge in [-0.15, -0.1) is 0 Å². The van der Waals surface area contributed by atoms with Crippen molar-refractivity contribution in [1.29, 1.82) is 0 Å². The predicted molar refractivity (Wildman–Crippen MR) is 90.3 cm³/mol. The van der Waals surface area contributed by atoms with Crippen LogP contribution in [0.4, 0.5) is 0 Å². The largest absolute Gasteiger partial charge is 0.493 e. The van der Waals surface area contributed by atoms with Crippen molar-refractivity contribution < 1.29 is 14.2 Å². The SMILES string of the molecule is Cc1ccc(C(CCOc2ccc3c(c2)OCO3)N(C)C)cc1. The number of hydrogen-bond donors (Lipinski definition) is 0. The highest BCUT2D eigenvalue weighted by atomic mass is 16.7. The van der Waals surface area contributed by atoms with Crippen LogP contribution >= 0.6 is 0 Å². The van der Waals surface area contributed by atoms with Gasteiger partial charge in [-0.2, -0.15) is 0 Å². The number of aryl methyl sites for hydroxylation is 1. The number of fused-ring (bicyclic) bond motifs is 1. The molecule has 2 aromatic carbocycles. The maximum atomic E-state index is 5.89. The first kappa shape index (κ1) is 15.7. The van der Waals surface area contributed by atoms with E-state index in [9.17, 15) is 0 Å². The highest BCUT2D eigenvalue weighted by molar-refractivity contribution is 5.46. The van der Waals surface area contributed by atoms with Crippen molar-refractivity contribution >= 4 is 0 Å². The Kier molecular flexibility index (Phi) is 4.72. The van der Waals surface area contributed by atoms with Crippen LogP contribution in [0.3, 0.4) is 0 Å². The standard InChI is InChI=1S/C19H23NO3/c1-14-4-6-15(7-5-14)17(20(2)3)10-11-21-16-8-9-18-19(12-16)23-13-22-18/h4-9,12,17H,10-11,13H2,1-3H3. The van der Waals surface area contributed by atoms with Gasteiger partial charge in [-0.25, -0.2) is 0 Å². The molecule has 0 fully saturated rings. The van der Waals surface area contributed by atoms with Crippen molar-refractivity contribution in [2.75, 3.05) is 27.5 Å². The van der Waals surface area contributed by atoms with Gasteiger partial charge in [-0.1, -0.05) is 29.8 Å². The van der Waals surface area contributed by atoms with Crippen LogP contribution in [-0.2, 0) is 0 Å². The van der Waals surface area contributed by atoms with E-state index in [-0.39, 0.29) is 6.79 Å². The van der Waals surface area contributed by atoms with Gasteiger partial charge in [0.05, 0.1) is 6.61 Å². The smallest absolute Gasteiger partial charge is 0.231 e. The summed E-state index contributed by atoms with van der Waals surface area (Å²) in [5, 5.41) is 0. The van der Waals surface area contributed by atoms with E-state index in [0.29, 0.717) is 12.6 Å². The fraction of sp³-hybridized carbons (Fsp3) is 0.368. The van der Waals surface area contributed by atoms with E-state index in [1.165, 1.54) is 11.1 Å². The third-order valence-electron chi connectivity index (χ3n) is 4.09. The highest BCUT2D eigenvalue weighted by Crippen LogP contribution is 2.35. The Morgan fingerprint density at radius 2 is 1.78 bits per heavy atom. The summed E-state index contributed by atoms with van der Waals surface area (Å²) in [6.45, 7) is 3.04. The van der Waals surface area contributed by atoms with Crippen molar-refractivity contribution in [3.05, 3.63) is 53.6 Å². The molecule has 1 aliphatic heterocycles.